The second-order valence-electron chi connectivity index (χ2n) is 8.98. The van der Waals surface area contributed by atoms with Gasteiger partial charge in [0.05, 0.1) is 24.8 Å². The predicted octanol–water partition coefficient (Wildman–Crippen LogP) is 5.12. The number of nitrogens with zero attached hydrogens (tertiary/aromatic N) is 4. The van der Waals surface area contributed by atoms with Crippen LogP contribution in [0.2, 0.25) is 0 Å². The number of ether oxygens (including phenoxy) is 2. The zero-order chi connectivity index (χ0) is 24.1. The molecule has 1 aliphatic heterocycles. The van der Waals surface area contributed by atoms with Crippen LogP contribution in [0.4, 0.5) is 0 Å². The summed E-state index contributed by atoms with van der Waals surface area (Å²) in [5.41, 5.74) is 3.52. The molecule has 0 amide bonds. The fraction of sp³-hybridized carbons (Fsp3) is 0.407. The van der Waals surface area contributed by atoms with Crippen molar-refractivity contribution in [3.8, 4) is 11.4 Å². The summed E-state index contributed by atoms with van der Waals surface area (Å²) in [7, 11) is 3.41. The Morgan fingerprint density at radius 2 is 2.15 bits per heavy atom. The first kappa shape index (κ1) is 23.8. The molecule has 2 heterocycles. The van der Waals surface area contributed by atoms with Crippen molar-refractivity contribution in [2.75, 3.05) is 27.4 Å². The van der Waals surface area contributed by atoms with Gasteiger partial charge in [-0.15, -0.1) is 0 Å². The largest absolute Gasteiger partial charge is 0.495 e. The molecule has 0 N–H and O–H groups in total. The maximum Gasteiger partial charge on any atom is 0.212 e. The molecule has 0 fully saturated rings. The van der Waals surface area contributed by atoms with Gasteiger partial charge in [0.15, 0.2) is 5.84 Å². The van der Waals surface area contributed by atoms with Crippen molar-refractivity contribution < 1.29 is 14.3 Å². The minimum atomic E-state index is -0.526. The zero-order valence-electron chi connectivity index (χ0n) is 20.5. The third kappa shape index (κ3) is 4.94. The lowest BCUT2D eigenvalue weighted by Gasteiger charge is -2.41. The lowest BCUT2D eigenvalue weighted by atomic mass is 9.83. The summed E-state index contributed by atoms with van der Waals surface area (Å²) >= 11 is 0. The molecule has 2 aromatic rings. The maximum absolute atomic E-state index is 6.11. The van der Waals surface area contributed by atoms with Gasteiger partial charge in [0.25, 0.3) is 0 Å². The summed E-state index contributed by atoms with van der Waals surface area (Å²) in [4.78, 5) is 12.7. The van der Waals surface area contributed by atoms with Gasteiger partial charge in [-0.25, -0.2) is 4.98 Å². The first-order chi connectivity index (χ1) is 16.4. The molecule has 1 aromatic carbocycles. The van der Waals surface area contributed by atoms with Gasteiger partial charge in [-0.1, -0.05) is 41.6 Å². The van der Waals surface area contributed by atoms with Crippen molar-refractivity contribution >= 4 is 11.9 Å². The molecule has 2 atom stereocenters. The normalized spacial score (nSPS) is 22.4. The van der Waals surface area contributed by atoms with Gasteiger partial charge >= 0.3 is 0 Å². The summed E-state index contributed by atoms with van der Waals surface area (Å²) in [5, 5.41) is 4.49. The molecule has 0 saturated carbocycles. The van der Waals surface area contributed by atoms with Crippen LogP contribution in [0.3, 0.4) is 0 Å². The van der Waals surface area contributed by atoms with Crippen LogP contribution in [-0.2, 0) is 9.57 Å². The Balaban J connectivity index is 1.56. The van der Waals surface area contributed by atoms with Gasteiger partial charge in [0, 0.05) is 32.4 Å². The van der Waals surface area contributed by atoms with Gasteiger partial charge < -0.3 is 23.8 Å². The average Bonchev–Trinajstić information content (AvgIpc) is 3.41. The zero-order valence-corrected chi connectivity index (χ0v) is 20.5. The highest BCUT2D eigenvalue weighted by atomic mass is 16.7. The van der Waals surface area contributed by atoms with E-state index in [9.17, 15) is 0 Å². The van der Waals surface area contributed by atoms with E-state index < -0.39 is 5.72 Å². The van der Waals surface area contributed by atoms with Crippen LogP contribution in [0.5, 0.6) is 5.75 Å². The van der Waals surface area contributed by atoms with Gasteiger partial charge in [-0.2, -0.15) is 0 Å². The minimum absolute atomic E-state index is 0.278. The van der Waals surface area contributed by atoms with Gasteiger partial charge in [-0.05, 0) is 56.9 Å². The first-order valence-electron chi connectivity index (χ1n) is 11.7. The number of imidazole rings is 1. The Hall–Kier alpha value is -3.32. The van der Waals surface area contributed by atoms with E-state index in [1.165, 1.54) is 0 Å². The van der Waals surface area contributed by atoms with Crippen molar-refractivity contribution in [1.82, 2.24) is 14.5 Å². The van der Waals surface area contributed by atoms with E-state index in [0.717, 1.165) is 59.9 Å². The SMILES string of the molecule is C=C1C=CCC(C2(C)ON=C(/C=C/c3ccc(-n4cnc(C)c4)c(OC)c3)N2CCCOC)C1. The molecular weight excluding hydrogens is 428 g/mol. The Morgan fingerprint density at radius 1 is 1.29 bits per heavy atom. The molecule has 34 heavy (non-hydrogen) atoms. The molecule has 2 unspecified atom stereocenters. The van der Waals surface area contributed by atoms with Crippen molar-refractivity contribution in [3.05, 3.63) is 72.4 Å². The molecule has 0 saturated heterocycles. The summed E-state index contributed by atoms with van der Waals surface area (Å²) in [6.07, 6.45) is 14.8. The average molecular weight is 463 g/mol. The van der Waals surface area contributed by atoms with Gasteiger partial charge in [0.1, 0.15) is 5.75 Å². The predicted molar refractivity (Wildman–Crippen MR) is 135 cm³/mol. The van der Waals surface area contributed by atoms with E-state index in [-0.39, 0.29) is 5.92 Å². The molecule has 7 heteroatoms. The Bertz CT molecular complexity index is 1120. The highest BCUT2D eigenvalue weighted by Gasteiger charge is 2.47. The van der Waals surface area contributed by atoms with Gasteiger partial charge in [0.2, 0.25) is 5.72 Å². The minimum Gasteiger partial charge on any atom is -0.495 e. The number of aryl methyl sites for hydroxylation is 1. The molecule has 0 radical (unpaired) electrons. The molecule has 0 bridgehead atoms. The second kappa shape index (κ2) is 10.3. The molecule has 1 aromatic heterocycles. The number of rotatable bonds is 9. The number of oxime groups is 1. The molecular formula is C27H34N4O3. The number of hydrogen-bond donors (Lipinski definition) is 0. The molecule has 0 spiro atoms. The number of methoxy groups -OCH3 is 2. The number of aromatic nitrogens is 2. The summed E-state index contributed by atoms with van der Waals surface area (Å²) in [6.45, 7) is 9.74. The Labute approximate surface area is 202 Å². The van der Waals surface area contributed by atoms with Crippen LogP contribution in [0.25, 0.3) is 11.8 Å². The van der Waals surface area contributed by atoms with Crippen molar-refractivity contribution in [1.29, 1.82) is 0 Å². The molecule has 180 valence electrons. The van der Waals surface area contributed by atoms with Gasteiger partial charge in [-0.3, -0.25) is 0 Å². The second-order valence-corrected chi connectivity index (χ2v) is 8.98. The van der Waals surface area contributed by atoms with E-state index >= 15 is 0 Å². The monoisotopic (exact) mass is 462 g/mol. The van der Waals surface area contributed by atoms with E-state index in [1.807, 2.05) is 42.0 Å². The lowest BCUT2D eigenvalue weighted by Crippen LogP contribution is -2.52. The third-order valence-corrected chi connectivity index (χ3v) is 6.53. The van der Waals surface area contributed by atoms with Crippen LogP contribution in [-0.4, -0.2) is 53.4 Å². The fourth-order valence-corrected chi connectivity index (χ4v) is 4.59. The molecule has 4 rings (SSSR count). The highest BCUT2D eigenvalue weighted by molar-refractivity contribution is 5.97. The highest BCUT2D eigenvalue weighted by Crippen LogP contribution is 2.40. The quantitative estimate of drug-likeness (QED) is 0.484. The van der Waals surface area contributed by atoms with E-state index in [0.29, 0.717) is 6.61 Å². The molecule has 2 aliphatic rings. The fourth-order valence-electron chi connectivity index (χ4n) is 4.59. The van der Waals surface area contributed by atoms with Crippen LogP contribution < -0.4 is 4.74 Å². The standard InChI is InChI=1S/C27H34N4O3/c1-20-8-6-9-23(16-20)27(3)31(14-7-15-32-4)26(29-34-27)13-11-22-10-12-24(25(17-22)33-5)30-18-21(2)28-19-30/h6,8,10-13,17-19,23H,1,7,9,14-16H2,2-5H3/b13-11+. The summed E-state index contributed by atoms with van der Waals surface area (Å²) < 4.78 is 12.9. The van der Waals surface area contributed by atoms with Crippen molar-refractivity contribution in [2.24, 2.45) is 11.1 Å². The van der Waals surface area contributed by atoms with E-state index in [4.69, 9.17) is 14.3 Å². The Kier molecular flexibility index (Phi) is 7.22. The maximum atomic E-state index is 6.11. The summed E-state index contributed by atoms with van der Waals surface area (Å²) in [5.74, 6) is 1.87. The topological polar surface area (TPSA) is 61.1 Å². The number of allylic oxidation sites excluding steroid dienone is 3. The van der Waals surface area contributed by atoms with E-state index in [2.05, 4.69) is 46.8 Å². The van der Waals surface area contributed by atoms with E-state index in [1.54, 1.807) is 20.5 Å². The first-order valence-corrected chi connectivity index (χ1v) is 11.7. The number of amidine groups is 1. The molecule has 1 aliphatic carbocycles. The molecule has 7 nitrogen and oxygen atoms in total. The van der Waals surface area contributed by atoms with Crippen LogP contribution in [0, 0.1) is 12.8 Å². The van der Waals surface area contributed by atoms with Crippen LogP contribution in [0.1, 0.15) is 37.4 Å². The van der Waals surface area contributed by atoms with Crippen LogP contribution >= 0.6 is 0 Å². The van der Waals surface area contributed by atoms with Crippen molar-refractivity contribution in [3.63, 3.8) is 0 Å². The third-order valence-electron chi connectivity index (χ3n) is 6.53. The Morgan fingerprint density at radius 3 is 2.85 bits per heavy atom. The van der Waals surface area contributed by atoms with Crippen molar-refractivity contribution in [2.45, 2.75) is 38.8 Å². The number of hydrogen-bond acceptors (Lipinski definition) is 6. The lowest BCUT2D eigenvalue weighted by molar-refractivity contribution is -0.126. The smallest absolute Gasteiger partial charge is 0.212 e. The number of benzene rings is 1. The van der Waals surface area contributed by atoms with Crippen LogP contribution in [0.15, 0.2) is 66.3 Å². The summed E-state index contributed by atoms with van der Waals surface area (Å²) in [6, 6.07) is 6.11.